The van der Waals surface area contributed by atoms with Crippen molar-refractivity contribution < 1.29 is 14.3 Å². The zero-order valence-electron chi connectivity index (χ0n) is 18.9. The first-order valence-electron chi connectivity index (χ1n) is 11.4. The van der Waals surface area contributed by atoms with Crippen LogP contribution in [0.5, 0.6) is 5.75 Å². The molecule has 1 saturated carbocycles. The summed E-state index contributed by atoms with van der Waals surface area (Å²) in [6.07, 6.45) is 7.05. The summed E-state index contributed by atoms with van der Waals surface area (Å²) in [5.74, 6) is 0.563. The van der Waals surface area contributed by atoms with Gasteiger partial charge in [-0.05, 0) is 47.7 Å². The first-order valence-corrected chi connectivity index (χ1v) is 11.4. The average molecular weight is 444 g/mol. The van der Waals surface area contributed by atoms with Gasteiger partial charge >= 0.3 is 6.09 Å². The molecule has 1 fully saturated rings. The van der Waals surface area contributed by atoms with Gasteiger partial charge in [-0.1, -0.05) is 55.7 Å². The number of hydrogen-bond acceptors (Lipinski definition) is 4. The normalized spacial score (nSPS) is 14.8. The molecule has 6 heteroatoms. The van der Waals surface area contributed by atoms with Crippen LogP contribution < -0.4 is 10.1 Å². The molecule has 0 bridgehead atoms. The molecule has 1 aliphatic carbocycles. The van der Waals surface area contributed by atoms with Gasteiger partial charge in [-0.3, -0.25) is 0 Å². The summed E-state index contributed by atoms with van der Waals surface area (Å²) in [5, 5.41) is 12.3. The van der Waals surface area contributed by atoms with Gasteiger partial charge in [-0.25, -0.2) is 4.79 Å². The summed E-state index contributed by atoms with van der Waals surface area (Å²) in [4.78, 5) is 15.9. The first kappa shape index (κ1) is 22.5. The van der Waals surface area contributed by atoms with Gasteiger partial charge in [0.15, 0.2) is 0 Å². The number of rotatable bonds is 7. The highest BCUT2D eigenvalue weighted by Crippen LogP contribution is 2.40. The van der Waals surface area contributed by atoms with E-state index < -0.39 is 6.09 Å². The fourth-order valence-corrected chi connectivity index (χ4v) is 4.62. The minimum atomic E-state index is -0.396. The Labute approximate surface area is 194 Å². The molecular formula is C27H29N3O3. The molecule has 0 spiro atoms. The second-order valence-corrected chi connectivity index (χ2v) is 8.59. The molecule has 3 aromatic rings. The number of aromatic amines is 1. The number of aromatic nitrogens is 1. The summed E-state index contributed by atoms with van der Waals surface area (Å²) in [6.45, 7) is 0.782. The van der Waals surface area contributed by atoms with Gasteiger partial charge in [-0.2, -0.15) is 5.26 Å². The Morgan fingerprint density at radius 2 is 1.88 bits per heavy atom. The summed E-state index contributed by atoms with van der Waals surface area (Å²) in [7, 11) is 1.57. The van der Waals surface area contributed by atoms with Gasteiger partial charge in [0.1, 0.15) is 18.4 Å². The standard InChI is InChI=1S/C27H29N3O3/c1-32-24-14-21(10-11-22(24)16-28)23-15-25(29-17-23)27(12-6-3-7-13-27)19-30-26(31)33-18-20-8-4-2-5-9-20/h2,4-5,8-11,14-15,17,29H,3,6-7,12-13,18-19H2,1H3,(H,30,31). The van der Waals surface area contributed by atoms with Crippen molar-refractivity contribution in [1.82, 2.24) is 10.3 Å². The number of ether oxygens (including phenoxy) is 2. The number of carbonyl (C=O) groups is 1. The zero-order valence-corrected chi connectivity index (χ0v) is 18.9. The molecule has 1 amide bonds. The molecule has 0 saturated heterocycles. The molecule has 4 rings (SSSR count). The molecule has 0 aliphatic heterocycles. The van der Waals surface area contributed by atoms with Crippen LogP contribution >= 0.6 is 0 Å². The van der Waals surface area contributed by atoms with Crippen molar-refractivity contribution >= 4 is 6.09 Å². The third kappa shape index (κ3) is 5.20. The third-order valence-electron chi connectivity index (χ3n) is 6.50. The average Bonchev–Trinajstić information content (AvgIpc) is 3.38. The molecule has 0 radical (unpaired) electrons. The smallest absolute Gasteiger partial charge is 0.407 e. The van der Waals surface area contributed by atoms with Gasteiger partial charge in [0.25, 0.3) is 0 Å². The Balaban J connectivity index is 1.48. The number of nitriles is 1. The number of H-pyrrole nitrogens is 1. The van der Waals surface area contributed by atoms with Crippen molar-refractivity contribution in [2.24, 2.45) is 0 Å². The maximum atomic E-state index is 12.4. The largest absolute Gasteiger partial charge is 0.495 e. The van der Waals surface area contributed by atoms with E-state index in [1.54, 1.807) is 13.2 Å². The predicted octanol–water partition coefficient (Wildman–Crippen LogP) is 5.69. The quantitative estimate of drug-likeness (QED) is 0.491. The van der Waals surface area contributed by atoms with Gasteiger partial charge in [0.05, 0.1) is 12.7 Å². The summed E-state index contributed by atoms with van der Waals surface area (Å²) in [6, 6.07) is 19.6. The number of nitrogens with zero attached hydrogens (tertiary/aromatic N) is 1. The topological polar surface area (TPSA) is 87.1 Å². The Morgan fingerprint density at radius 3 is 2.61 bits per heavy atom. The minimum Gasteiger partial charge on any atom is -0.495 e. The lowest BCUT2D eigenvalue weighted by molar-refractivity contribution is 0.134. The Hall–Kier alpha value is -3.72. The Kier molecular flexibility index (Phi) is 6.99. The van der Waals surface area contributed by atoms with Crippen LogP contribution in [0.15, 0.2) is 60.8 Å². The number of carbonyl (C=O) groups excluding carboxylic acids is 1. The Bertz CT molecular complexity index is 1130. The van der Waals surface area contributed by atoms with Crippen LogP contribution in [0, 0.1) is 11.3 Å². The lowest BCUT2D eigenvalue weighted by Crippen LogP contribution is -2.42. The van der Waals surface area contributed by atoms with Crippen molar-refractivity contribution in [3.05, 3.63) is 77.6 Å². The van der Waals surface area contributed by atoms with E-state index >= 15 is 0 Å². The number of benzene rings is 2. The van der Waals surface area contributed by atoms with E-state index in [1.165, 1.54) is 6.42 Å². The fourth-order valence-electron chi connectivity index (χ4n) is 4.62. The molecular weight excluding hydrogens is 414 g/mol. The minimum absolute atomic E-state index is 0.154. The summed E-state index contributed by atoms with van der Waals surface area (Å²) < 4.78 is 10.8. The zero-order chi connectivity index (χ0) is 23.1. The van der Waals surface area contributed by atoms with Crippen LogP contribution in [0.2, 0.25) is 0 Å². The van der Waals surface area contributed by atoms with Gasteiger partial charge in [-0.15, -0.1) is 0 Å². The number of hydrogen-bond donors (Lipinski definition) is 2. The van der Waals surface area contributed by atoms with Gasteiger partial charge < -0.3 is 19.8 Å². The lowest BCUT2D eigenvalue weighted by Gasteiger charge is -2.36. The van der Waals surface area contributed by atoms with Crippen LogP contribution in [-0.2, 0) is 16.8 Å². The van der Waals surface area contributed by atoms with Crippen molar-refractivity contribution in [3.63, 3.8) is 0 Å². The van der Waals surface area contributed by atoms with E-state index in [2.05, 4.69) is 22.4 Å². The molecule has 170 valence electrons. The Morgan fingerprint density at radius 1 is 1.09 bits per heavy atom. The molecule has 1 aliphatic rings. The molecule has 33 heavy (non-hydrogen) atoms. The van der Waals surface area contributed by atoms with Crippen molar-refractivity contribution in [1.29, 1.82) is 5.26 Å². The monoisotopic (exact) mass is 443 g/mol. The van der Waals surface area contributed by atoms with Crippen LogP contribution in [0.1, 0.15) is 48.9 Å². The van der Waals surface area contributed by atoms with E-state index in [0.29, 0.717) is 17.9 Å². The van der Waals surface area contributed by atoms with E-state index in [0.717, 1.165) is 48.1 Å². The highest BCUT2D eigenvalue weighted by Gasteiger charge is 2.36. The van der Waals surface area contributed by atoms with Crippen LogP contribution in [-0.4, -0.2) is 24.7 Å². The van der Waals surface area contributed by atoms with E-state index in [-0.39, 0.29) is 12.0 Å². The first-order chi connectivity index (χ1) is 16.1. The third-order valence-corrected chi connectivity index (χ3v) is 6.50. The molecule has 2 aromatic carbocycles. The van der Waals surface area contributed by atoms with Crippen molar-refractivity contribution in [2.75, 3.05) is 13.7 Å². The highest BCUT2D eigenvalue weighted by molar-refractivity contribution is 5.69. The van der Waals surface area contributed by atoms with Gasteiger partial charge in [0.2, 0.25) is 0 Å². The predicted molar refractivity (Wildman–Crippen MR) is 127 cm³/mol. The molecule has 0 atom stereocenters. The van der Waals surface area contributed by atoms with Gasteiger partial charge in [0, 0.05) is 23.9 Å². The van der Waals surface area contributed by atoms with E-state index in [9.17, 15) is 10.1 Å². The maximum Gasteiger partial charge on any atom is 0.407 e. The van der Waals surface area contributed by atoms with E-state index in [4.69, 9.17) is 9.47 Å². The second-order valence-electron chi connectivity index (χ2n) is 8.59. The summed E-state index contributed by atoms with van der Waals surface area (Å²) >= 11 is 0. The second kappa shape index (κ2) is 10.3. The van der Waals surface area contributed by atoms with Crippen molar-refractivity contribution in [2.45, 2.75) is 44.1 Å². The fraction of sp³-hybridized carbons (Fsp3) is 0.333. The lowest BCUT2D eigenvalue weighted by atomic mass is 9.71. The van der Waals surface area contributed by atoms with Crippen molar-refractivity contribution in [3.8, 4) is 22.9 Å². The maximum absolute atomic E-state index is 12.4. The van der Waals surface area contributed by atoms with Crippen LogP contribution in [0.25, 0.3) is 11.1 Å². The van der Waals surface area contributed by atoms with E-state index in [1.807, 2.05) is 48.7 Å². The molecule has 1 aromatic heterocycles. The van der Waals surface area contributed by atoms with Crippen LogP contribution in [0.4, 0.5) is 4.79 Å². The van der Waals surface area contributed by atoms with Crippen LogP contribution in [0.3, 0.4) is 0 Å². The number of methoxy groups -OCH3 is 1. The summed E-state index contributed by atoms with van der Waals surface area (Å²) in [5.41, 5.74) is 4.45. The number of alkyl carbamates (subject to hydrolysis) is 1. The number of nitrogens with one attached hydrogen (secondary N) is 2. The molecule has 2 N–H and O–H groups in total. The highest BCUT2D eigenvalue weighted by atomic mass is 16.5. The molecule has 0 unspecified atom stereocenters. The molecule has 1 heterocycles. The molecule has 6 nitrogen and oxygen atoms in total. The number of amides is 1. The SMILES string of the molecule is COc1cc(-c2c[nH]c(C3(CNC(=O)OCc4ccccc4)CCCCC3)c2)ccc1C#N.